The van der Waals surface area contributed by atoms with Crippen LogP contribution in [0.4, 0.5) is 0 Å². The molecule has 0 radical (unpaired) electrons. The van der Waals surface area contributed by atoms with Crippen molar-refractivity contribution in [3.8, 4) is 0 Å². The Hall–Kier alpha value is -0.690. The molecule has 0 rings (SSSR count). The predicted molar refractivity (Wildman–Crippen MR) is 32.5 cm³/mol. The van der Waals surface area contributed by atoms with E-state index in [-0.39, 0.29) is 0 Å². The first-order chi connectivity index (χ1) is 4.55. The van der Waals surface area contributed by atoms with Crippen LogP contribution in [0.15, 0.2) is 0 Å². The van der Waals surface area contributed by atoms with Gasteiger partial charge in [-0.15, -0.1) is 0 Å². The molecule has 6 nitrogen and oxygen atoms in total. The van der Waals surface area contributed by atoms with Crippen LogP contribution in [0.1, 0.15) is 6.92 Å². The van der Waals surface area contributed by atoms with E-state index in [0.29, 0.717) is 0 Å². The van der Waals surface area contributed by atoms with Crippen molar-refractivity contribution in [1.82, 2.24) is 0 Å². The first-order valence-electron chi connectivity index (χ1n) is 2.42. The van der Waals surface area contributed by atoms with Gasteiger partial charge in [-0.05, 0) is 6.92 Å². The highest BCUT2D eigenvalue weighted by molar-refractivity contribution is 5.73. The molecule has 0 aromatic heterocycles. The second-order valence-electron chi connectivity index (χ2n) is 1.60. The van der Waals surface area contributed by atoms with Gasteiger partial charge >= 0.3 is 5.97 Å². The minimum Gasteiger partial charge on any atom is -0.480 e. The lowest BCUT2D eigenvalue weighted by molar-refractivity contribution is -0.176. The quantitative estimate of drug-likeness (QED) is 0.250. The molecule has 10 heavy (non-hydrogen) atoms. The van der Waals surface area contributed by atoms with Gasteiger partial charge in [-0.1, -0.05) is 0 Å². The lowest BCUT2D eigenvalue weighted by atomic mass is 10.2. The number of carbonyl (C=O) groups is 1. The van der Waals surface area contributed by atoms with E-state index in [2.05, 4.69) is 0 Å². The van der Waals surface area contributed by atoms with Crippen LogP contribution >= 0.6 is 0 Å². The number of rotatable bonds is 2. The third kappa shape index (κ3) is 5.45. The fourth-order valence-corrected chi connectivity index (χ4v) is 0.206. The summed E-state index contributed by atoms with van der Waals surface area (Å²) in [5.41, 5.74) is 4.91. The van der Waals surface area contributed by atoms with Gasteiger partial charge in [0.2, 0.25) is 0 Å². The maximum Gasteiger partial charge on any atom is 0.323 e. The van der Waals surface area contributed by atoms with Crippen LogP contribution in [0, 0.1) is 0 Å². The van der Waals surface area contributed by atoms with Gasteiger partial charge in [0.1, 0.15) is 6.04 Å². The summed E-state index contributed by atoms with van der Waals surface area (Å²) in [7, 11) is 0. The number of nitrogens with two attached hydrogens (primary N) is 1. The summed E-state index contributed by atoms with van der Waals surface area (Å²) >= 11 is 0. The first-order valence-corrected chi connectivity index (χ1v) is 2.42. The average Bonchev–Trinajstić information content (AvgIpc) is 1.90. The molecule has 2 atom stereocenters. The number of hydrogen-bond acceptors (Lipinski definition) is 5. The Morgan fingerprint density at radius 3 is 1.80 bits per heavy atom. The molecule has 0 aromatic rings. The van der Waals surface area contributed by atoms with Crippen LogP contribution in [0.25, 0.3) is 0 Å². The second kappa shape index (κ2) is 6.43. The van der Waals surface area contributed by atoms with Crippen LogP contribution in [-0.4, -0.2) is 38.8 Å². The van der Waals surface area contributed by atoms with Crippen molar-refractivity contribution >= 4 is 5.97 Å². The molecule has 0 aliphatic heterocycles. The highest BCUT2D eigenvalue weighted by Gasteiger charge is 2.16. The van der Waals surface area contributed by atoms with Crippen molar-refractivity contribution < 1.29 is 25.5 Å². The predicted octanol–water partition coefficient (Wildman–Crippen LogP) is -1.20. The van der Waals surface area contributed by atoms with Gasteiger partial charge in [-0.2, -0.15) is 0 Å². The molecule has 0 spiro atoms. The van der Waals surface area contributed by atoms with Gasteiger partial charge in [-0.3, -0.25) is 15.3 Å². The number of aliphatic hydroxyl groups excluding tert-OH is 1. The molecule has 0 aliphatic rings. The number of aliphatic hydroxyl groups is 1. The van der Waals surface area contributed by atoms with Crippen molar-refractivity contribution in [2.45, 2.75) is 19.1 Å². The van der Waals surface area contributed by atoms with Crippen LogP contribution in [0.2, 0.25) is 0 Å². The van der Waals surface area contributed by atoms with Crippen LogP contribution in [0.5, 0.6) is 0 Å². The molecule has 6 N–H and O–H groups in total. The summed E-state index contributed by atoms with van der Waals surface area (Å²) in [5.74, 6) is -1.18. The molecule has 0 amide bonds. The molecule has 0 unspecified atom stereocenters. The van der Waals surface area contributed by atoms with Crippen LogP contribution in [0.3, 0.4) is 0 Å². The van der Waals surface area contributed by atoms with E-state index < -0.39 is 18.1 Å². The molecular formula is C4H11NO5. The molecule has 0 saturated carbocycles. The smallest absolute Gasteiger partial charge is 0.323 e. The Kier molecular flexibility index (Phi) is 7.74. The van der Waals surface area contributed by atoms with Crippen molar-refractivity contribution in [1.29, 1.82) is 0 Å². The lowest BCUT2D eigenvalue weighted by Crippen LogP contribution is -2.39. The third-order valence-corrected chi connectivity index (χ3v) is 0.805. The molecule has 0 saturated heterocycles. The zero-order chi connectivity index (χ0) is 8.73. The summed E-state index contributed by atoms with van der Waals surface area (Å²) in [6.45, 7) is 1.33. The minimum absolute atomic E-state index is 0.979. The van der Waals surface area contributed by atoms with Crippen LogP contribution < -0.4 is 5.73 Å². The molecule has 0 bridgehead atoms. The fourth-order valence-electron chi connectivity index (χ4n) is 0.206. The number of carboxylic acid groups (broad SMARTS) is 1. The fraction of sp³-hybridized carbons (Fsp3) is 0.750. The molecule has 0 aliphatic carbocycles. The number of aliphatic carboxylic acids is 1. The summed E-state index contributed by atoms with van der Waals surface area (Å²) in [4.78, 5) is 9.86. The topological polar surface area (TPSA) is 124 Å². The summed E-state index contributed by atoms with van der Waals surface area (Å²) in [6.07, 6.45) is -0.979. The van der Waals surface area contributed by atoms with E-state index >= 15 is 0 Å². The van der Waals surface area contributed by atoms with E-state index in [9.17, 15) is 4.79 Å². The summed E-state index contributed by atoms with van der Waals surface area (Å²) in [5, 5.41) is 28.6. The molecule has 0 fully saturated rings. The summed E-state index contributed by atoms with van der Waals surface area (Å²) < 4.78 is 0. The molecule has 62 valence electrons. The maximum atomic E-state index is 9.86. The Morgan fingerprint density at radius 1 is 1.50 bits per heavy atom. The van der Waals surface area contributed by atoms with E-state index in [1.165, 1.54) is 6.92 Å². The van der Waals surface area contributed by atoms with Gasteiger partial charge < -0.3 is 15.9 Å². The van der Waals surface area contributed by atoms with E-state index in [1.807, 2.05) is 0 Å². The van der Waals surface area contributed by atoms with E-state index in [1.54, 1.807) is 0 Å². The largest absolute Gasteiger partial charge is 0.480 e. The zero-order valence-electron chi connectivity index (χ0n) is 5.43. The van der Waals surface area contributed by atoms with Crippen molar-refractivity contribution in [2.75, 3.05) is 0 Å². The monoisotopic (exact) mass is 153 g/mol. The zero-order valence-corrected chi connectivity index (χ0v) is 5.43. The minimum atomic E-state index is -1.18. The van der Waals surface area contributed by atoms with E-state index in [4.69, 9.17) is 26.5 Å². The second-order valence-corrected chi connectivity index (χ2v) is 1.60. The Morgan fingerprint density at radius 2 is 1.80 bits per heavy atom. The molecule has 0 aromatic carbocycles. The molecule has 0 heterocycles. The van der Waals surface area contributed by atoms with Crippen molar-refractivity contribution in [2.24, 2.45) is 5.73 Å². The third-order valence-electron chi connectivity index (χ3n) is 0.805. The first kappa shape index (κ1) is 12.0. The van der Waals surface area contributed by atoms with Crippen molar-refractivity contribution in [3.05, 3.63) is 0 Å². The van der Waals surface area contributed by atoms with Gasteiger partial charge in [0.25, 0.3) is 0 Å². The maximum absolute atomic E-state index is 9.86. The number of hydrogen-bond donors (Lipinski definition) is 5. The van der Waals surface area contributed by atoms with Gasteiger partial charge in [0, 0.05) is 0 Å². The average molecular weight is 153 g/mol. The Bertz CT molecular complexity index is 93.6. The standard InChI is InChI=1S/C4H9NO3.H2O2/c1-2(6)3(5)4(7)8;1-2/h2-3,6H,5H2,1H3,(H,7,8);1-2H/t2-,3+;/m1./s1. The molecule has 6 heteroatoms. The normalized spacial score (nSPS) is 14.5. The highest BCUT2D eigenvalue weighted by atomic mass is 17.0. The Labute approximate surface area is 57.4 Å². The van der Waals surface area contributed by atoms with E-state index in [0.717, 1.165) is 0 Å². The molecular weight excluding hydrogens is 142 g/mol. The van der Waals surface area contributed by atoms with Gasteiger partial charge in [0.05, 0.1) is 6.10 Å². The highest BCUT2D eigenvalue weighted by Crippen LogP contribution is 1.85. The SMILES string of the molecule is C[C@@H](O)[C@H](N)C(=O)O.OO. The van der Waals surface area contributed by atoms with Crippen LogP contribution in [-0.2, 0) is 4.79 Å². The Balaban J connectivity index is 0. The van der Waals surface area contributed by atoms with Gasteiger partial charge in [0.15, 0.2) is 0 Å². The van der Waals surface area contributed by atoms with Crippen molar-refractivity contribution in [3.63, 3.8) is 0 Å². The lowest BCUT2D eigenvalue weighted by Gasteiger charge is -2.06. The number of carboxylic acids is 1. The van der Waals surface area contributed by atoms with Gasteiger partial charge in [-0.25, -0.2) is 0 Å². The summed E-state index contributed by atoms with van der Waals surface area (Å²) in [6, 6.07) is -1.16.